The molecule has 4 rings (SSSR count). The van der Waals surface area contributed by atoms with Crippen LogP contribution >= 0.6 is 24.8 Å². The van der Waals surface area contributed by atoms with Gasteiger partial charge in [-0.3, -0.25) is 4.79 Å². The van der Waals surface area contributed by atoms with Gasteiger partial charge in [0.25, 0.3) is 0 Å². The molecule has 0 radical (unpaired) electrons. The number of nitrogens with zero attached hydrogens (tertiary/aromatic N) is 1. The van der Waals surface area contributed by atoms with E-state index in [0.29, 0.717) is 23.9 Å². The molecule has 3 aliphatic rings. The minimum atomic E-state index is -5.08. The number of nitrogens with one attached hydrogen (secondary N) is 1. The Labute approximate surface area is 264 Å². The summed E-state index contributed by atoms with van der Waals surface area (Å²) in [5.41, 5.74) is 8.77. The van der Waals surface area contributed by atoms with Crippen molar-refractivity contribution < 1.29 is 50.9 Å². The minimum Gasteiger partial charge on any atom is -0.475 e. The Morgan fingerprint density at radius 2 is 1.45 bits per heavy atom. The van der Waals surface area contributed by atoms with E-state index in [-0.39, 0.29) is 30.7 Å². The van der Waals surface area contributed by atoms with Crippen LogP contribution in [0.1, 0.15) is 57.4 Å². The third kappa shape index (κ3) is 14.0. The number of amides is 1. The zero-order valence-electron chi connectivity index (χ0n) is 24.0. The van der Waals surface area contributed by atoms with E-state index in [4.69, 9.17) is 25.5 Å². The molecule has 8 nitrogen and oxygen atoms in total. The average Bonchev–Trinajstić information content (AvgIpc) is 3.65. The molecular weight excluding hydrogens is 643 g/mol. The molecular formula is C28H39Cl2F6N3O5. The largest absolute Gasteiger partial charge is 0.490 e. The van der Waals surface area contributed by atoms with Crippen LogP contribution in [0.4, 0.5) is 26.3 Å². The molecule has 1 aromatic rings. The van der Waals surface area contributed by atoms with Gasteiger partial charge in [-0.1, -0.05) is 48.9 Å². The number of aliphatic carboxylic acids is 2. The number of carboxylic acids is 2. The van der Waals surface area contributed by atoms with E-state index >= 15 is 0 Å². The molecule has 252 valence electrons. The second kappa shape index (κ2) is 17.8. The number of nitrogens with two attached hydrogens (primary N) is 1. The highest BCUT2D eigenvalue weighted by atomic mass is 35.5. The maximum absolute atomic E-state index is 11.0. The highest BCUT2D eigenvalue weighted by Crippen LogP contribution is 2.51. The maximum Gasteiger partial charge on any atom is 0.490 e. The van der Waals surface area contributed by atoms with E-state index in [1.54, 1.807) is 5.57 Å². The Kier molecular flexibility index (Phi) is 16.8. The zero-order valence-corrected chi connectivity index (χ0v) is 25.6. The van der Waals surface area contributed by atoms with Crippen LogP contribution < -0.4 is 11.1 Å². The van der Waals surface area contributed by atoms with Crippen molar-refractivity contribution >= 4 is 48.7 Å². The van der Waals surface area contributed by atoms with Crippen LogP contribution in [0.25, 0.3) is 6.08 Å². The SMILES string of the molecule is CC/C(=C\c1ccccc1)[C@H]1C[C@@H]1NC1CC2(CCN(CCC(N)=O)CC2)C1.Cl.Cl.O=C(O)C(F)(F)F.O=C(O)C(F)(F)F. The maximum atomic E-state index is 11.0. The fourth-order valence-corrected chi connectivity index (χ4v) is 5.36. The summed E-state index contributed by atoms with van der Waals surface area (Å²) in [4.78, 5) is 31.2. The van der Waals surface area contributed by atoms with Gasteiger partial charge >= 0.3 is 24.3 Å². The molecule has 1 heterocycles. The molecule has 1 amide bonds. The van der Waals surface area contributed by atoms with Gasteiger partial charge in [0.05, 0.1) is 0 Å². The normalized spacial score (nSPS) is 21.1. The first kappa shape index (κ1) is 41.4. The Hall–Kier alpha value is -2.55. The molecule has 1 aromatic carbocycles. The van der Waals surface area contributed by atoms with Crippen LogP contribution in [0.5, 0.6) is 0 Å². The summed E-state index contributed by atoms with van der Waals surface area (Å²) >= 11 is 0. The minimum absolute atomic E-state index is 0. The lowest BCUT2D eigenvalue weighted by atomic mass is 9.60. The Bertz CT molecular complexity index is 1070. The van der Waals surface area contributed by atoms with Gasteiger partial charge in [-0.2, -0.15) is 26.3 Å². The molecule has 3 fully saturated rings. The van der Waals surface area contributed by atoms with Crippen molar-refractivity contribution in [1.82, 2.24) is 10.2 Å². The van der Waals surface area contributed by atoms with Gasteiger partial charge in [-0.15, -0.1) is 24.8 Å². The van der Waals surface area contributed by atoms with Gasteiger partial charge in [0.2, 0.25) is 5.91 Å². The smallest absolute Gasteiger partial charge is 0.475 e. The van der Waals surface area contributed by atoms with Crippen LogP contribution in [0, 0.1) is 11.3 Å². The number of likely N-dealkylation sites (tertiary alicyclic amines) is 1. The fourth-order valence-electron chi connectivity index (χ4n) is 5.36. The molecule has 0 unspecified atom stereocenters. The highest BCUT2D eigenvalue weighted by Gasteiger charge is 2.49. The molecule has 2 atom stereocenters. The van der Waals surface area contributed by atoms with Crippen molar-refractivity contribution in [2.45, 2.75) is 76.3 Å². The van der Waals surface area contributed by atoms with E-state index in [9.17, 15) is 31.1 Å². The molecule has 2 saturated carbocycles. The van der Waals surface area contributed by atoms with Gasteiger partial charge < -0.3 is 26.2 Å². The molecule has 16 heteroatoms. The zero-order chi connectivity index (χ0) is 31.7. The predicted octanol–water partition coefficient (Wildman–Crippen LogP) is 5.69. The summed E-state index contributed by atoms with van der Waals surface area (Å²) < 4.78 is 63.5. The summed E-state index contributed by atoms with van der Waals surface area (Å²) in [6, 6.07) is 12.1. The number of primary amides is 1. The number of piperidine rings is 1. The molecule has 0 bridgehead atoms. The average molecular weight is 683 g/mol. The summed E-state index contributed by atoms with van der Waals surface area (Å²) in [6.07, 6.45) is 0.420. The monoisotopic (exact) mass is 681 g/mol. The Morgan fingerprint density at radius 1 is 0.977 bits per heavy atom. The van der Waals surface area contributed by atoms with E-state index in [0.717, 1.165) is 32.0 Å². The second-order valence-corrected chi connectivity index (χ2v) is 10.9. The molecule has 44 heavy (non-hydrogen) atoms. The van der Waals surface area contributed by atoms with Gasteiger partial charge in [0.15, 0.2) is 0 Å². The quantitative estimate of drug-likeness (QED) is 0.259. The molecule has 2 aliphatic carbocycles. The fraction of sp³-hybridized carbons (Fsp3) is 0.607. The summed E-state index contributed by atoms with van der Waals surface area (Å²) in [7, 11) is 0. The topological polar surface area (TPSA) is 133 Å². The van der Waals surface area contributed by atoms with Crippen molar-refractivity contribution in [3.05, 3.63) is 41.5 Å². The second-order valence-electron chi connectivity index (χ2n) is 10.9. The van der Waals surface area contributed by atoms with Crippen molar-refractivity contribution in [3.63, 3.8) is 0 Å². The van der Waals surface area contributed by atoms with Gasteiger partial charge in [0.1, 0.15) is 0 Å². The summed E-state index contributed by atoms with van der Waals surface area (Å²) in [5, 5.41) is 18.2. The molecule has 1 aliphatic heterocycles. The van der Waals surface area contributed by atoms with Gasteiger partial charge in [-0.25, -0.2) is 9.59 Å². The van der Waals surface area contributed by atoms with Crippen LogP contribution in [0.3, 0.4) is 0 Å². The van der Waals surface area contributed by atoms with Gasteiger partial charge in [-0.05, 0) is 68.5 Å². The van der Waals surface area contributed by atoms with Crippen LogP contribution in [-0.2, 0) is 14.4 Å². The number of halogens is 8. The molecule has 0 aromatic heterocycles. The lowest BCUT2D eigenvalue weighted by molar-refractivity contribution is -0.193. The van der Waals surface area contributed by atoms with Crippen molar-refractivity contribution in [1.29, 1.82) is 0 Å². The van der Waals surface area contributed by atoms with Crippen molar-refractivity contribution in [2.24, 2.45) is 17.1 Å². The van der Waals surface area contributed by atoms with E-state index in [2.05, 4.69) is 53.5 Å². The van der Waals surface area contributed by atoms with Crippen LogP contribution in [0.2, 0.25) is 0 Å². The van der Waals surface area contributed by atoms with Crippen molar-refractivity contribution in [2.75, 3.05) is 19.6 Å². The lowest BCUT2D eigenvalue weighted by Crippen LogP contribution is -2.54. The first-order valence-corrected chi connectivity index (χ1v) is 13.6. The number of carbonyl (C=O) groups is 3. The van der Waals surface area contributed by atoms with Crippen LogP contribution in [-0.4, -0.2) is 77.0 Å². The Balaban J connectivity index is 0.000000973. The van der Waals surface area contributed by atoms with Gasteiger partial charge in [0, 0.05) is 25.0 Å². The van der Waals surface area contributed by atoms with E-state index < -0.39 is 24.3 Å². The number of hydrogen-bond acceptors (Lipinski definition) is 5. The summed E-state index contributed by atoms with van der Waals surface area (Å²) in [6.45, 7) is 5.39. The number of alkyl halides is 6. The lowest BCUT2D eigenvalue weighted by Gasteiger charge is -2.52. The number of rotatable bonds is 8. The van der Waals surface area contributed by atoms with Crippen LogP contribution in [0.15, 0.2) is 35.9 Å². The standard InChI is InChI=1S/C24H35N3O.2C2HF3O2.2ClH/c1-2-19(14-18-6-4-3-5-7-18)21-15-22(21)26-20-16-24(17-20)9-12-27(13-10-24)11-8-23(25)28;2*3-2(4,5)1(6)7;;/h3-7,14,20-22,26H,2,8-13,15-17H2,1H3,(H2,25,28);2*(H,6,7);2*1H/b19-14+;;;;/t21-,22+;;;;/m1..../s1. The highest BCUT2D eigenvalue weighted by molar-refractivity contribution is 5.85. The summed E-state index contributed by atoms with van der Waals surface area (Å²) in [5.74, 6) is -4.96. The first-order chi connectivity index (χ1) is 19.5. The third-order valence-corrected chi connectivity index (χ3v) is 7.71. The number of carbonyl (C=O) groups excluding carboxylic acids is 1. The molecule has 1 saturated heterocycles. The predicted molar refractivity (Wildman–Crippen MR) is 157 cm³/mol. The Morgan fingerprint density at radius 3 is 1.86 bits per heavy atom. The van der Waals surface area contributed by atoms with Crippen molar-refractivity contribution in [3.8, 4) is 0 Å². The number of carboxylic acid groups (broad SMARTS) is 2. The number of hydrogen-bond donors (Lipinski definition) is 4. The first-order valence-electron chi connectivity index (χ1n) is 13.6. The molecule has 5 N–H and O–H groups in total. The number of benzene rings is 1. The van der Waals surface area contributed by atoms with E-state index in [1.807, 2.05) is 0 Å². The van der Waals surface area contributed by atoms with E-state index in [1.165, 1.54) is 37.7 Å². The third-order valence-electron chi connectivity index (χ3n) is 7.71. The molecule has 1 spiro atoms.